The molecule has 16 heteroatoms. The second-order valence-electron chi connectivity index (χ2n) is 10.7. The SMILES string of the molecule is CC(C)COc1ccccc1CN1CCC2(CC1)CCN(C(=O)c1cn[nH]c1)C2.O=C(O)C(F)(F)F.O=C(O)C(F)(F)F. The van der Waals surface area contributed by atoms with E-state index in [9.17, 15) is 31.1 Å². The van der Waals surface area contributed by atoms with Gasteiger partial charge in [-0.1, -0.05) is 32.0 Å². The van der Waals surface area contributed by atoms with Crippen LogP contribution in [0.15, 0.2) is 36.7 Å². The third-order valence-corrected chi connectivity index (χ3v) is 6.81. The number of piperidine rings is 1. The number of ether oxygens (including phenoxy) is 1. The number of nitrogens with one attached hydrogen (secondary N) is 1. The predicted molar refractivity (Wildman–Crippen MR) is 140 cm³/mol. The summed E-state index contributed by atoms with van der Waals surface area (Å²) in [6, 6.07) is 8.41. The zero-order chi connectivity index (χ0) is 32.4. The molecule has 0 aliphatic carbocycles. The Kier molecular flexibility index (Phi) is 12.4. The Balaban J connectivity index is 0.000000384. The first kappa shape index (κ1) is 35.4. The van der Waals surface area contributed by atoms with Crippen molar-refractivity contribution in [3.05, 3.63) is 47.8 Å². The molecule has 2 aromatic rings. The lowest BCUT2D eigenvalue weighted by Gasteiger charge is -2.39. The minimum atomic E-state index is -5.08. The second-order valence-corrected chi connectivity index (χ2v) is 10.7. The van der Waals surface area contributed by atoms with Crippen molar-refractivity contribution in [2.45, 2.75) is 52.0 Å². The third kappa shape index (κ3) is 11.4. The van der Waals surface area contributed by atoms with Crippen LogP contribution in [0.25, 0.3) is 0 Å². The van der Waals surface area contributed by atoms with Gasteiger partial charge in [0.05, 0.1) is 18.4 Å². The number of likely N-dealkylation sites (tertiary alicyclic amines) is 2. The third-order valence-electron chi connectivity index (χ3n) is 6.81. The Labute approximate surface area is 243 Å². The van der Waals surface area contributed by atoms with Gasteiger partial charge in [0, 0.05) is 31.4 Å². The van der Waals surface area contributed by atoms with Gasteiger partial charge in [0.1, 0.15) is 5.75 Å². The Morgan fingerprint density at radius 2 is 1.51 bits per heavy atom. The van der Waals surface area contributed by atoms with E-state index in [-0.39, 0.29) is 11.3 Å². The number of carboxylic acids is 2. The van der Waals surface area contributed by atoms with E-state index in [4.69, 9.17) is 24.5 Å². The number of carbonyl (C=O) groups excluding carboxylic acids is 1. The lowest BCUT2D eigenvalue weighted by atomic mass is 9.77. The molecule has 10 nitrogen and oxygen atoms in total. The first-order valence-corrected chi connectivity index (χ1v) is 13.2. The molecule has 0 unspecified atom stereocenters. The number of benzene rings is 1. The van der Waals surface area contributed by atoms with Crippen LogP contribution in [0.5, 0.6) is 5.75 Å². The fourth-order valence-corrected chi connectivity index (χ4v) is 4.53. The summed E-state index contributed by atoms with van der Waals surface area (Å²) in [7, 11) is 0. The highest BCUT2D eigenvalue weighted by molar-refractivity contribution is 5.93. The van der Waals surface area contributed by atoms with Crippen LogP contribution in [0.4, 0.5) is 26.3 Å². The monoisotopic (exact) mass is 624 g/mol. The molecule has 2 fully saturated rings. The highest BCUT2D eigenvalue weighted by Gasteiger charge is 2.42. The Hall–Kier alpha value is -3.82. The van der Waals surface area contributed by atoms with Gasteiger partial charge >= 0.3 is 24.3 Å². The number of alkyl halides is 6. The number of halogens is 6. The van der Waals surface area contributed by atoms with Gasteiger partial charge in [0.2, 0.25) is 0 Å². The molecule has 2 saturated heterocycles. The van der Waals surface area contributed by atoms with E-state index >= 15 is 0 Å². The lowest BCUT2D eigenvalue weighted by molar-refractivity contribution is -0.193. The van der Waals surface area contributed by atoms with Crippen LogP contribution < -0.4 is 4.74 Å². The van der Waals surface area contributed by atoms with Crippen LogP contribution in [0.3, 0.4) is 0 Å². The molecule has 0 saturated carbocycles. The van der Waals surface area contributed by atoms with Crippen molar-refractivity contribution in [1.29, 1.82) is 0 Å². The molecular formula is C27H34F6N4O6. The summed E-state index contributed by atoms with van der Waals surface area (Å²) in [4.78, 5) is 35.0. The summed E-state index contributed by atoms with van der Waals surface area (Å²) in [6.07, 6.45) is -3.45. The highest BCUT2D eigenvalue weighted by atomic mass is 19.4. The minimum absolute atomic E-state index is 0.106. The number of nitrogens with zero attached hydrogens (tertiary/aromatic N) is 3. The zero-order valence-corrected chi connectivity index (χ0v) is 23.5. The number of aromatic nitrogens is 2. The van der Waals surface area contributed by atoms with E-state index in [2.05, 4.69) is 53.2 Å². The number of aromatic amines is 1. The van der Waals surface area contributed by atoms with Gasteiger partial charge < -0.3 is 19.8 Å². The topological polar surface area (TPSA) is 136 Å². The van der Waals surface area contributed by atoms with Crippen LogP contribution >= 0.6 is 0 Å². The van der Waals surface area contributed by atoms with Crippen molar-refractivity contribution in [2.24, 2.45) is 11.3 Å². The first-order valence-electron chi connectivity index (χ1n) is 13.2. The molecule has 240 valence electrons. The summed E-state index contributed by atoms with van der Waals surface area (Å²) in [5, 5.41) is 20.9. The number of hydrogen-bond acceptors (Lipinski definition) is 6. The number of amides is 1. The fraction of sp³-hybridized carbons (Fsp3) is 0.556. The van der Waals surface area contributed by atoms with Crippen molar-refractivity contribution in [3.63, 3.8) is 0 Å². The summed E-state index contributed by atoms with van der Waals surface area (Å²) >= 11 is 0. The van der Waals surface area contributed by atoms with Crippen molar-refractivity contribution in [1.82, 2.24) is 20.0 Å². The molecule has 3 heterocycles. The van der Waals surface area contributed by atoms with Crippen molar-refractivity contribution >= 4 is 17.8 Å². The first-order chi connectivity index (χ1) is 19.9. The number of H-pyrrole nitrogens is 1. The number of hydrogen-bond donors (Lipinski definition) is 3. The standard InChI is InChI=1S/C23H32N4O2.2C2HF3O2/c1-18(2)16-29-21-6-4-3-5-19(21)15-26-10-7-23(8-11-26)9-12-27(17-23)22(28)20-13-24-25-14-20;2*3-2(4,5)1(6)7/h3-6,13-14,18H,7-12,15-17H2,1-2H3,(H,24,25);2*(H,6,7). The van der Waals surface area contributed by atoms with Gasteiger partial charge in [0.25, 0.3) is 5.91 Å². The van der Waals surface area contributed by atoms with Gasteiger partial charge in [-0.2, -0.15) is 31.4 Å². The predicted octanol–water partition coefficient (Wildman–Crippen LogP) is 4.84. The van der Waals surface area contributed by atoms with Crippen molar-refractivity contribution < 1.29 is 55.7 Å². The number of carboxylic acid groups (broad SMARTS) is 2. The molecular weight excluding hydrogens is 590 g/mol. The number of rotatable bonds is 6. The molecule has 0 atom stereocenters. The molecule has 1 amide bonds. The molecule has 4 rings (SSSR count). The maximum atomic E-state index is 12.6. The maximum absolute atomic E-state index is 12.6. The number of carbonyl (C=O) groups is 3. The van der Waals surface area contributed by atoms with E-state index < -0.39 is 24.3 Å². The van der Waals surface area contributed by atoms with Crippen LogP contribution in [0.2, 0.25) is 0 Å². The summed E-state index contributed by atoms with van der Waals surface area (Å²) < 4.78 is 69.5. The molecule has 0 radical (unpaired) electrons. The van der Waals surface area contributed by atoms with Crippen molar-refractivity contribution in [3.8, 4) is 5.75 Å². The van der Waals surface area contributed by atoms with E-state index in [1.54, 1.807) is 12.4 Å². The Morgan fingerprint density at radius 1 is 0.977 bits per heavy atom. The van der Waals surface area contributed by atoms with E-state index in [0.29, 0.717) is 11.5 Å². The quantitative estimate of drug-likeness (QED) is 0.389. The average molecular weight is 625 g/mol. The van der Waals surface area contributed by atoms with Gasteiger partial charge in [-0.05, 0) is 49.8 Å². The highest BCUT2D eigenvalue weighted by Crippen LogP contribution is 2.41. The molecule has 1 aromatic heterocycles. The Bertz CT molecular complexity index is 1170. The second kappa shape index (κ2) is 15.1. The average Bonchev–Trinajstić information content (AvgIpc) is 3.60. The molecule has 1 aromatic carbocycles. The van der Waals surface area contributed by atoms with Gasteiger partial charge in [-0.25, -0.2) is 9.59 Å². The smallest absolute Gasteiger partial charge is 0.490 e. The maximum Gasteiger partial charge on any atom is 0.490 e. The van der Waals surface area contributed by atoms with Gasteiger partial charge in [-0.15, -0.1) is 0 Å². The summed E-state index contributed by atoms with van der Waals surface area (Å²) in [6.45, 7) is 9.92. The van der Waals surface area contributed by atoms with Crippen LogP contribution in [0, 0.1) is 11.3 Å². The molecule has 0 bridgehead atoms. The van der Waals surface area contributed by atoms with Gasteiger partial charge in [0.15, 0.2) is 0 Å². The van der Waals surface area contributed by atoms with E-state index in [1.165, 1.54) is 5.56 Å². The summed E-state index contributed by atoms with van der Waals surface area (Å²) in [5.41, 5.74) is 2.22. The zero-order valence-electron chi connectivity index (χ0n) is 23.5. The largest absolute Gasteiger partial charge is 0.493 e. The molecule has 2 aliphatic heterocycles. The van der Waals surface area contributed by atoms with Crippen LogP contribution in [-0.2, 0) is 16.1 Å². The van der Waals surface area contributed by atoms with Crippen LogP contribution in [0.1, 0.15) is 49.0 Å². The summed E-state index contributed by atoms with van der Waals surface area (Å²) in [5.74, 6) is -3.87. The molecule has 43 heavy (non-hydrogen) atoms. The minimum Gasteiger partial charge on any atom is -0.493 e. The number of aliphatic carboxylic acids is 2. The number of para-hydroxylation sites is 1. The lowest BCUT2D eigenvalue weighted by Crippen LogP contribution is -2.42. The van der Waals surface area contributed by atoms with E-state index in [1.807, 2.05) is 4.90 Å². The van der Waals surface area contributed by atoms with Gasteiger partial charge in [-0.3, -0.25) is 14.8 Å². The normalized spacial score (nSPS) is 16.6. The van der Waals surface area contributed by atoms with Crippen LogP contribution in [-0.4, -0.2) is 93.2 Å². The fourth-order valence-electron chi connectivity index (χ4n) is 4.53. The van der Waals surface area contributed by atoms with Crippen molar-refractivity contribution in [2.75, 3.05) is 32.8 Å². The molecule has 2 aliphatic rings. The van der Waals surface area contributed by atoms with E-state index in [0.717, 1.165) is 64.3 Å². The molecule has 3 N–H and O–H groups in total. The molecule has 1 spiro atoms. The Morgan fingerprint density at radius 3 is 2.00 bits per heavy atom.